The highest BCUT2D eigenvalue weighted by molar-refractivity contribution is 7.99. The van der Waals surface area contributed by atoms with Crippen LogP contribution >= 0.6 is 11.8 Å². The van der Waals surface area contributed by atoms with E-state index in [0.717, 1.165) is 11.0 Å². The maximum atomic E-state index is 12.7. The zero-order valence-electron chi connectivity index (χ0n) is 10.2. The molecule has 0 atom stereocenters. The second-order valence-corrected chi connectivity index (χ2v) is 4.99. The SMILES string of the molecule is CNc1ccc(C(F)(F)F)cc1Sc1ccccc1. The lowest BCUT2D eigenvalue weighted by molar-refractivity contribution is -0.137. The van der Waals surface area contributed by atoms with E-state index >= 15 is 0 Å². The maximum Gasteiger partial charge on any atom is 0.416 e. The van der Waals surface area contributed by atoms with E-state index in [4.69, 9.17) is 0 Å². The van der Waals surface area contributed by atoms with Crippen molar-refractivity contribution in [2.45, 2.75) is 16.0 Å². The van der Waals surface area contributed by atoms with Crippen molar-refractivity contribution in [3.05, 3.63) is 54.1 Å². The molecule has 0 aromatic heterocycles. The average molecular weight is 283 g/mol. The molecular weight excluding hydrogens is 271 g/mol. The maximum absolute atomic E-state index is 12.7. The van der Waals surface area contributed by atoms with Crippen LogP contribution < -0.4 is 5.32 Å². The van der Waals surface area contributed by atoms with Crippen LogP contribution in [0.15, 0.2) is 58.3 Å². The first kappa shape index (κ1) is 13.8. The number of hydrogen-bond donors (Lipinski definition) is 1. The molecule has 2 aromatic rings. The number of anilines is 1. The summed E-state index contributed by atoms with van der Waals surface area (Å²) in [7, 11) is 1.69. The van der Waals surface area contributed by atoms with Crippen LogP contribution in [0.3, 0.4) is 0 Å². The van der Waals surface area contributed by atoms with Crippen molar-refractivity contribution in [3.8, 4) is 0 Å². The fourth-order valence-corrected chi connectivity index (χ4v) is 2.62. The monoisotopic (exact) mass is 283 g/mol. The van der Waals surface area contributed by atoms with Gasteiger partial charge in [-0.1, -0.05) is 30.0 Å². The summed E-state index contributed by atoms with van der Waals surface area (Å²) >= 11 is 1.31. The zero-order valence-corrected chi connectivity index (χ0v) is 11.0. The molecule has 0 saturated carbocycles. The van der Waals surface area contributed by atoms with E-state index in [2.05, 4.69) is 5.32 Å². The zero-order chi connectivity index (χ0) is 13.9. The van der Waals surface area contributed by atoms with Gasteiger partial charge in [0.15, 0.2) is 0 Å². The lowest BCUT2D eigenvalue weighted by Gasteiger charge is -2.13. The van der Waals surface area contributed by atoms with Crippen molar-refractivity contribution in [2.24, 2.45) is 0 Å². The van der Waals surface area contributed by atoms with Crippen LogP contribution in [0.1, 0.15) is 5.56 Å². The minimum absolute atomic E-state index is 0.559. The Labute approximate surface area is 113 Å². The van der Waals surface area contributed by atoms with Gasteiger partial charge < -0.3 is 5.32 Å². The second kappa shape index (κ2) is 5.57. The van der Waals surface area contributed by atoms with E-state index < -0.39 is 11.7 Å². The minimum Gasteiger partial charge on any atom is -0.387 e. The Balaban J connectivity index is 2.37. The lowest BCUT2D eigenvalue weighted by Crippen LogP contribution is -2.05. The molecule has 0 saturated heterocycles. The number of rotatable bonds is 3. The molecule has 0 bridgehead atoms. The second-order valence-electron chi connectivity index (χ2n) is 3.87. The summed E-state index contributed by atoms with van der Waals surface area (Å²) in [6.45, 7) is 0. The van der Waals surface area contributed by atoms with Crippen molar-refractivity contribution >= 4 is 17.4 Å². The normalized spacial score (nSPS) is 11.4. The van der Waals surface area contributed by atoms with Gasteiger partial charge in [-0.25, -0.2) is 0 Å². The van der Waals surface area contributed by atoms with E-state index in [1.54, 1.807) is 7.05 Å². The number of alkyl halides is 3. The van der Waals surface area contributed by atoms with Gasteiger partial charge in [0.05, 0.1) is 5.56 Å². The van der Waals surface area contributed by atoms with E-state index in [1.807, 2.05) is 30.3 Å². The van der Waals surface area contributed by atoms with Gasteiger partial charge >= 0.3 is 6.18 Å². The van der Waals surface area contributed by atoms with E-state index in [-0.39, 0.29) is 0 Å². The Bertz CT molecular complexity index is 552. The van der Waals surface area contributed by atoms with Crippen LogP contribution in [0, 0.1) is 0 Å². The van der Waals surface area contributed by atoms with Crippen molar-refractivity contribution < 1.29 is 13.2 Å². The van der Waals surface area contributed by atoms with Crippen LogP contribution in [0.4, 0.5) is 18.9 Å². The number of hydrogen-bond acceptors (Lipinski definition) is 2. The fraction of sp³-hybridized carbons (Fsp3) is 0.143. The summed E-state index contributed by atoms with van der Waals surface area (Å²) in [6.07, 6.45) is -4.32. The highest BCUT2D eigenvalue weighted by Gasteiger charge is 2.31. The molecule has 0 spiro atoms. The number of halogens is 3. The Morgan fingerprint density at radius 2 is 1.68 bits per heavy atom. The lowest BCUT2D eigenvalue weighted by atomic mass is 10.2. The third-order valence-corrected chi connectivity index (χ3v) is 3.61. The Morgan fingerprint density at radius 1 is 1.00 bits per heavy atom. The minimum atomic E-state index is -4.32. The van der Waals surface area contributed by atoms with Crippen molar-refractivity contribution in [1.29, 1.82) is 0 Å². The van der Waals surface area contributed by atoms with E-state index in [9.17, 15) is 13.2 Å². The van der Waals surface area contributed by atoms with Gasteiger partial charge in [0, 0.05) is 22.5 Å². The summed E-state index contributed by atoms with van der Waals surface area (Å²) in [5, 5.41) is 2.91. The topological polar surface area (TPSA) is 12.0 Å². The number of benzene rings is 2. The molecule has 0 heterocycles. The van der Waals surface area contributed by atoms with Gasteiger partial charge in [0.25, 0.3) is 0 Å². The third kappa shape index (κ3) is 3.44. The van der Waals surface area contributed by atoms with Crippen LogP contribution in [-0.2, 0) is 6.18 Å². The molecule has 19 heavy (non-hydrogen) atoms. The van der Waals surface area contributed by atoms with E-state index in [1.165, 1.54) is 23.9 Å². The smallest absolute Gasteiger partial charge is 0.387 e. The predicted octanol–water partition coefficient (Wildman–Crippen LogP) is 4.90. The molecular formula is C14H12F3NS. The first-order valence-electron chi connectivity index (χ1n) is 5.62. The summed E-state index contributed by atoms with van der Waals surface area (Å²) in [5.41, 5.74) is 0.0479. The highest BCUT2D eigenvalue weighted by Crippen LogP contribution is 2.38. The molecule has 100 valence electrons. The number of nitrogens with one attached hydrogen (secondary N) is 1. The molecule has 0 aliphatic carbocycles. The fourth-order valence-electron chi connectivity index (χ4n) is 1.61. The van der Waals surface area contributed by atoms with Gasteiger partial charge in [-0.15, -0.1) is 0 Å². The van der Waals surface area contributed by atoms with Gasteiger partial charge in [-0.2, -0.15) is 13.2 Å². The predicted molar refractivity (Wildman–Crippen MR) is 71.6 cm³/mol. The largest absolute Gasteiger partial charge is 0.416 e. The first-order valence-corrected chi connectivity index (χ1v) is 6.44. The first-order chi connectivity index (χ1) is 9.00. The summed E-state index contributed by atoms with van der Waals surface area (Å²) < 4.78 is 38.1. The molecule has 0 aliphatic heterocycles. The van der Waals surface area contributed by atoms with Gasteiger partial charge in [0.2, 0.25) is 0 Å². The molecule has 0 unspecified atom stereocenters. The van der Waals surface area contributed by atoms with Gasteiger partial charge in [-0.3, -0.25) is 0 Å². The quantitative estimate of drug-likeness (QED) is 0.860. The summed E-state index contributed by atoms with van der Waals surface area (Å²) in [6, 6.07) is 13.0. The van der Waals surface area contributed by atoms with Gasteiger partial charge in [0.1, 0.15) is 0 Å². The van der Waals surface area contributed by atoms with Crippen LogP contribution in [0.5, 0.6) is 0 Å². The highest BCUT2D eigenvalue weighted by atomic mass is 32.2. The molecule has 2 rings (SSSR count). The van der Waals surface area contributed by atoms with Crippen LogP contribution in [-0.4, -0.2) is 7.05 Å². The third-order valence-electron chi connectivity index (χ3n) is 2.55. The Morgan fingerprint density at radius 3 is 2.26 bits per heavy atom. The molecule has 2 aromatic carbocycles. The van der Waals surface area contributed by atoms with Crippen molar-refractivity contribution in [2.75, 3.05) is 12.4 Å². The molecule has 0 fully saturated rings. The summed E-state index contributed by atoms with van der Waals surface area (Å²) in [5.74, 6) is 0. The average Bonchev–Trinajstić information content (AvgIpc) is 2.39. The van der Waals surface area contributed by atoms with E-state index in [0.29, 0.717) is 10.6 Å². The molecule has 0 amide bonds. The molecule has 1 nitrogen and oxygen atoms in total. The Kier molecular flexibility index (Phi) is 4.04. The summed E-state index contributed by atoms with van der Waals surface area (Å²) in [4.78, 5) is 1.46. The van der Waals surface area contributed by atoms with Crippen LogP contribution in [0.2, 0.25) is 0 Å². The molecule has 0 aliphatic rings. The standard InChI is InChI=1S/C14H12F3NS/c1-18-12-8-7-10(14(15,16)17)9-13(12)19-11-5-3-2-4-6-11/h2-9,18H,1H3. The molecule has 1 N–H and O–H groups in total. The van der Waals surface area contributed by atoms with Gasteiger partial charge in [-0.05, 0) is 30.3 Å². The molecule has 0 radical (unpaired) electrons. The van der Waals surface area contributed by atoms with Crippen molar-refractivity contribution in [3.63, 3.8) is 0 Å². The van der Waals surface area contributed by atoms with Crippen molar-refractivity contribution in [1.82, 2.24) is 0 Å². The Hall–Kier alpha value is -1.62. The van der Waals surface area contributed by atoms with Crippen LogP contribution in [0.25, 0.3) is 0 Å². The molecule has 5 heteroatoms.